The number of aliphatic hydroxyl groups is 3. The third-order valence-electron chi connectivity index (χ3n) is 11.2. The third kappa shape index (κ3) is 30.6. The molecule has 1 rings (SSSR count). The monoisotopic (exact) mass is 851 g/mol. The maximum absolute atomic E-state index is 12.8. The van der Waals surface area contributed by atoms with E-state index in [0.29, 0.717) is 12.8 Å². The van der Waals surface area contributed by atoms with Gasteiger partial charge in [0.05, 0.1) is 6.61 Å². The van der Waals surface area contributed by atoms with Crippen molar-refractivity contribution in [2.75, 3.05) is 19.0 Å². The Bertz CT molecular complexity index is 1090. The second-order valence-electron chi connectivity index (χ2n) is 16.8. The number of esters is 2. The normalized spacial score (nSPS) is 20.3. The van der Waals surface area contributed by atoms with E-state index < -0.39 is 71.2 Å². The Morgan fingerprint density at radius 3 is 1.26 bits per heavy atom. The van der Waals surface area contributed by atoms with E-state index in [1.165, 1.54) is 141 Å². The minimum atomic E-state index is -4.60. The predicted octanol–water partition coefficient (Wildman–Crippen LogP) is 9.68. The summed E-state index contributed by atoms with van der Waals surface area (Å²) in [4.78, 5) is 25.4. The molecule has 13 heteroatoms. The van der Waals surface area contributed by atoms with Gasteiger partial charge in [-0.3, -0.25) is 14.1 Å². The average molecular weight is 851 g/mol. The third-order valence-corrected chi connectivity index (χ3v) is 11.9. The van der Waals surface area contributed by atoms with Gasteiger partial charge in [0.1, 0.15) is 36.8 Å². The minimum absolute atomic E-state index is 0.173. The van der Waals surface area contributed by atoms with Crippen LogP contribution in [0.5, 0.6) is 0 Å². The number of carbonyl (C=O) groups is 2. The first-order valence-corrected chi connectivity index (χ1v) is 25.2. The van der Waals surface area contributed by atoms with Gasteiger partial charge in [0, 0.05) is 12.8 Å². The van der Waals surface area contributed by atoms with Crippen molar-refractivity contribution in [1.29, 1.82) is 0 Å². The van der Waals surface area contributed by atoms with Crippen LogP contribution in [0, 0.1) is 0 Å². The highest BCUT2D eigenvalue weighted by atomic mass is 32.2. The number of ether oxygens (including phenoxy) is 4. The molecule has 12 nitrogen and oxygen atoms in total. The largest absolute Gasteiger partial charge is 0.462 e. The predicted molar refractivity (Wildman–Crippen MR) is 229 cm³/mol. The van der Waals surface area contributed by atoms with Crippen LogP contribution >= 0.6 is 0 Å². The smallest absolute Gasteiger partial charge is 0.306 e. The van der Waals surface area contributed by atoms with Crippen LogP contribution in [0.2, 0.25) is 0 Å². The molecule has 0 amide bonds. The Hall–Kier alpha value is -1.35. The van der Waals surface area contributed by atoms with Gasteiger partial charge < -0.3 is 34.3 Å². The molecule has 1 fully saturated rings. The summed E-state index contributed by atoms with van der Waals surface area (Å²) < 4.78 is 54.1. The van der Waals surface area contributed by atoms with Gasteiger partial charge in [-0.25, -0.2) is 0 Å². The molecule has 0 aromatic rings. The zero-order chi connectivity index (χ0) is 42.7. The van der Waals surface area contributed by atoms with Crippen LogP contribution in [0.3, 0.4) is 0 Å². The number of aliphatic hydroxyl groups excluding tert-OH is 3. The van der Waals surface area contributed by atoms with Crippen molar-refractivity contribution >= 4 is 22.1 Å². The van der Waals surface area contributed by atoms with Crippen molar-refractivity contribution in [2.24, 2.45) is 0 Å². The second kappa shape index (κ2) is 36.3. The molecule has 0 aromatic carbocycles. The Morgan fingerprint density at radius 1 is 0.517 bits per heavy atom. The first kappa shape index (κ1) is 54.7. The molecule has 58 heavy (non-hydrogen) atoms. The van der Waals surface area contributed by atoms with Crippen molar-refractivity contribution in [3.8, 4) is 0 Å². The van der Waals surface area contributed by atoms with E-state index >= 15 is 0 Å². The van der Waals surface area contributed by atoms with Gasteiger partial charge in [-0.1, -0.05) is 194 Å². The molecule has 1 heterocycles. The number of rotatable bonds is 40. The molecule has 0 saturated carbocycles. The molecule has 4 N–H and O–H groups in total. The lowest BCUT2D eigenvalue weighted by Gasteiger charge is -2.40. The second-order valence-corrected chi connectivity index (χ2v) is 18.3. The topological polar surface area (TPSA) is 186 Å². The Kier molecular flexibility index (Phi) is 34.2. The average Bonchev–Trinajstić information content (AvgIpc) is 3.18. The van der Waals surface area contributed by atoms with E-state index in [2.05, 4.69) is 13.8 Å². The molecule has 6 atom stereocenters. The van der Waals surface area contributed by atoms with E-state index in [1.54, 1.807) is 0 Å². The van der Waals surface area contributed by atoms with Crippen molar-refractivity contribution in [1.82, 2.24) is 0 Å². The summed E-state index contributed by atoms with van der Waals surface area (Å²) in [5, 5.41) is 30.9. The zero-order valence-corrected chi connectivity index (χ0v) is 37.5. The molecule has 344 valence electrons. The lowest BCUT2D eigenvalue weighted by molar-refractivity contribution is -0.297. The van der Waals surface area contributed by atoms with Crippen molar-refractivity contribution in [3.63, 3.8) is 0 Å². The van der Waals surface area contributed by atoms with Crippen molar-refractivity contribution < 1.29 is 56.8 Å². The van der Waals surface area contributed by atoms with Crippen LogP contribution in [0.4, 0.5) is 0 Å². The molecule has 1 saturated heterocycles. The molecule has 0 spiro atoms. The fourth-order valence-electron chi connectivity index (χ4n) is 7.50. The Labute approximate surface area is 353 Å². The maximum atomic E-state index is 12.8. The molecule has 1 aliphatic heterocycles. The Balaban J connectivity index is 2.38. The SMILES string of the molecule is CCCCCCCCCCCCCCCCCCCCCC(=O)O[C@H](COC(=O)CCCCCCCCCCCCC)CO[C@H]1O[C@H](CS(=O)(=O)O)[C@@H](O)C(O)C1O. The van der Waals surface area contributed by atoms with Gasteiger partial charge in [-0.15, -0.1) is 0 Å². The van der Waals surface area contributed by atoms with Gasteiger partial charge in [0.15, 0.2) is 12.4 Å². The van der Waals surface area contributed by atoms with Gasteiger partial charge in [0.25, 0.3) is 10.1 Å². The fraction of sp³-hybridized carbons (Fsp3) is 0.956. The van der Waals surface area contributed by atoms with Crippen LogP contribution in [-0.4, -0.2) is 96.0 Å². The van der Waals surface area contributed by atoms with Crippen LogP contribution < -0.4 is 0 Å². The number of hydrogen-bond donors (Lipinski definition) is 4. The standard InChI is InChI=1S/C45H86O12S/c1-3-5-7-9-11-13-15-16-17-18-19-20-21-22-24-26-28-30-32-34-41(47)56-38(35-54-40(46)33-31-29-27-25-23-14-12-10-8-6-4-2)36-55-45-44(50)43(49)42(48)39(57-45)37-58(51,52)53/h38-39,42-45,48-50H,3-37H2,1-2H3,(H,51,52,53)/t38-,39-,42-,43?,44?,45+/m1/s1. The van der Waals surface area contributed by atoms with E-state index in [-0.39, 0.29) is 19.4 Å². The Morgan fingerprint density at radius 2 is 0.879 bits per heavy atom. The number of carbonyl (C=O) groups excluding carboxylic acids is 2. The van der Waals surface area contributed by atoms with Crippen LogP contribution in [0.25, 0.3) is 0 Å². The summed E-state index contributed by atoms with van der Waals surface area (Å²) in [6.45, 7) is 3.78. The van der Waals surface area contributed by atoms with Crippen LogP contribution in [0.15, 0.2) is 0 Å². The minimum Gasteiger partial charge on any atom is -0.462 e. The molecule has 0 radical (unpaired) electrons. The van der Waals surface area contributed by atoms with E-state index in [1.807, 2.05) is 0 Å². The molecular weight excluding hydrogens is 765 g/mol. The zero-order valence-electron chi connectivity index (χ0n) is 36.7. The summed E-state index contributed by atoms with van der Waals surface area (Å²) in [6, 6.07) is 0. The summed E-state index contributed by atoms with van der Waals surface area (Å²) in [5.74, 6) is -1.96. The van der Waals surface area contributed by atoms with E-state index in [9.17, 15) is 37.9 Å². The lowest BCUT2D eigenvalue weighted by Crippen LogP contribution is -2.60. The molecular formula is C45H86O12S. The van der Waals surface area contributed by atoms with Crippen LogP contribution in [0.1, 0.15) is 219 Å². The van der Waals surface area contributed by atoms with E-state index in [0.717, 1.165) is 38.5 Å². The quantitative estimate of drug-likeness (QED) is 0.0260. The van der Waals surface area contributed by atoms with Gasteiger partial charge in [-0.2, -0.15) is 8.42 Å². The first-order chi connectivity index (χ1) is 28.0. The number of hydrogen-bond acceptors (Lipinski definition) is 11. The van der Waals surface area contributed by atoms with Gasteiger partial charge in [-0.05, 0) is 12.8 Å². The maximum Gasteiger partial charge on any atom is 0.306 e. The summed E-state index contributed by atoms with van der Waals surface area (Å²) in [7, 11) is -4.60. The van der Waals surface area contributed by atoms with Crippen molar-refractivity contribution in [2.45, 2.75) is 256 Å². The number of unbranched alkanes of at least 4 members (excludes halogenated alkanes) is 28. The highest BCUT2D eigenvalue weighted by Gasteiger charge is 2.46. The fourth-order valence-corrected chi connectivity index (χ4v) is 8.19. The lowest BCUT2D eigenvalue weighted by atomic mass is 10.00. The molecule has 2 unspecified atom stereocenters. The molecule has 0 bridgehead atoms. The van der Waals surface area contributed by atoms with Crippen LogP contribution in [-0.2, 0) is 38.7 Å². The van der Waals surface area contributed by atoms with Gasteiger partial charge >= 0.3 is 11.9 Å². The summed E-state index contributed by atoms with van der Waals surface area (Å²) in [6.07, 6.45) is 27.2. The summed E-state index contributed by atoms with van der Waals surface area (Å²) >= 11 is 0. The van der Waals surface area contributed by atoms with Gasteiger partial charge in [0.2, 0.25) is 0 Å². The van der Waals surface area contributed by atoms with Crippen molar-refractivity contribution in [3.05, 3.63) is 0 Å². The highest BCUT2D eigenvalue weighted by Crippen LogP contribution is 2.24. The molecule has 0 aliphatic carbocycles. The highest BCUT2D eigenvalue weighted by molar-refractivity contribution is 7.85. The summed E-state index contributed by atoms with van der Waals surface area (Å²) in [5.41, 5.74) is 0. The first-order valence-electron chi connectivity index (χ1n) is 23.6. The molecule has 1 aliphatic rings. The molecule has 0 aromatic heterocycles. The van der Waals surface area contributed by atoms with E-state index in [4.69, 9.17) is 18.9 Å².